The molecule has 1 unspecified atom stereocenters. The number of nitrogens with one attached hydrogen (secondary N) is 1. The molecule has 0 aromatic carbocycles. The maximum absolute atomic E-state index is 8.81. The zero-order valence-corrected chi connectivity index (χ0v) is 6.92. The van der Waals surface area contributed by atoms with Crippen molar-refractivity contribution in [3.63, 3.8) is 0 Å². The summed E-state index contributed by atoms with van der Waals surface area (Å²) >= 11 is 0. The molecule has 11 heavy (non-hydrogen) atoms. The molecule has 0 aromatic heterocycles. The van der Waals surface area contributed by atoms with Crippen LogP contribution in [0.2, 0.25) is 0 Å². The lowest BCUT2D eigenvalue weighted by atomic mass is 9.75. The van der Waals surface area contributed by atoms with Crippen LogP contribution < -0.4 is 5.32 Å². The van der Waals surface area contributed by atoms with Gasteiger partial charge < -0.3 is 10.4 Å². The lowest BCUT2D eigenvalue weighted by molar-refractivity contribution is 0.124. The van der Waals surface area contributed by atoms with Crippen LogP contribution in [0.1, 0.15) is 32.1 Å². The zero-order chi connectivity index (χ0) is 7.68. The first-order valence-electron chi connectivity index (χ1n) is 4.77. The van der Waals surface area contributed by atoms with Gasteiger partial charge in [-0.15, -0.1) is 0 Å². The van der Waals surface area contributed by atoms with E-state index in [-0.39, 0.29) is 0 Å². The summed E-state index contributed by atoms with van der Waals surface area (Å²) in [5.74, 6) is 0.868. The Bertz CT molecular complexity index is 130. The Morgan fingerprint density at radius 3 is 2.36 bits per heavy atom. The van der Waals surface area contributed by atoms with Gasteiger partial charge in [-0.25, -0.2) is 0 Å². The summed E-state index contributed by atoms with van der Waals surface area (Å²) in [6, 6.07) is 1.41. The van der Waals surface area contributed by atoms with Gasteiger partial charge in [0.15, 0.2) is 0 Å². The summed E-state index contributed by atoms with van der Waals surface area (Å²) in [4.78, 5) is 0. The molecule has 64 valence electrons. The minimum absolute atomic E-state index is 0.348. The minimum Gasteiger partial charge on any atom is -0.396 e. The fraction of sp³-hybridized carbons (Fsp3) is 1.00. The Balaban J connectivity index is 1.92. The molecule has 2 nitrogen and oxygen atoms in total. The number of rotatable bonds is 2. The van der Waals surface area contributed by atoms with Crippen LogP contribution in [0.5, 0.6) is 0 Å². The summed E-state index contributed by atoms with van der Waals surface area (Å²) in [6.45, 7) is 0.348. The van der Waals surface area contributed by atoms with Crippen LogP contribution in [0, 0.1) is 5.92 Å². The van der Waals surface area contributed by atoms with Crippen LogP contribution in [0.3, 0.4) is 0 Å². The number of fused-ring (bicyclic) bond motifs is 3. The fourth-order valence-corrected chi connectivity index (χ4v) is 2.59. The van der Waals surface area contributed by atoms with Crippen molar-refractivity contribution in [2.24, 2.45) is 5.92 Å². The van der Waals surface area contributed by atoms with Gasteiger partial charge in [0.2, 0.25) is 0 Å². The van der Waals surface area contributed by atoms with E-state index in [1.807, 2.05) is 0 Å². The Labute approximate surface area is 68.0 Å². The van der Waals surface area contributed by atoms with Crippen molar-refractivity contribution in [3.05, 3.63) is 0 Å². The minimum atomic E-state index is 0.348. The number of aliphatic hydroxyl groups is 1. The molecule has 3 rings (SSSR count). The molecule has 2 N–H and O–H groups in total. The van der Waals surface area contributed by atoms with E-state index in [4.69, 9.17) is 5.11 Å². The maximum Gasteiger partial charge on any atom is 0.0445 e. The van der Waals surface area contributed by atoms with Crippen molar-refractivity contribution < 1.29 is 5.11 Å². The second kappa shape index (κ2) is 3.11. The Morgan fingerprint density at radius 1 is 1.18 bits per heavy atom. The van der Waals surface area contributed by atoms with Gasteiger partial charge in [0.1, 0.15) is 0 Å². The number of piperidine rings is 2. The number of hydrogen-bond donors (Lipinski definition) is 2. The predicted octanol–water partition coefficient (Wildman–Crippen LogP) is 0.899. The molecular weight excluding hydrogens is 138 g/mol. The average molecular weight is 155 g/mol. The molecular formula is C9H17NO. The fourth-order valence-electron chi connectivity index (χ4n) is 2.59. The first kappa shape index (κ1) is 7.56. The van der Waals surface area contributed by atoms with Crippen molar-refractivity contribution in [1.29, 1.82) is 0 Å². The lowest BCUT2D eigenvalue weighted by Crippen LogP contribution is -2.52. The van der Waals surface area contributed by atoms with Crippen molar-refractivity contribution in [2.45, 2.75) is 44.2 Å². The molecule has 0 aromatic rings. The molecule has 3 fully saturated rings. The molecule has 1 saturated carbocycles. The summed E-state index contributed by atoms with van der Waals surface area (Å²) < 4.78 is 0. The highest BCUT2D eigenvalue weighted by Gasteiger charge is 2.34. The largest absolute Gasteiger partial charge is 0.396 e. The quantitative estimate of drug-likeness (QED) is 0.621. The van der Waals surface area contributed by atoms with E-state index in [0.29, 0.717) is 12.6 Å². The van der Waals surface area contributed by atoms with Crippen LogP contribution in [0.4, 0.5) is 0 Å². The summed E-state index contributed by atoms with van der Waals surface area (Å²) in [5.41, 5.74) is 0. The van der Waals surface area contributed by atoms with E-state index >= 15 is 0 Å². The number of hydrogen-bond acceptors (Lipinski definition) is 2. The second-order valence-corrected chi connectivity index (χ2v) is 3.90. The van der Waals surface area contributed by atoms with Gasteiger partial charge in [-0.2, -0.15) is 0 Å². The van der Waals surface area contributed by atoms with E-state index in [9.17, 15) is 0 Å². The van der Waals surface area contributed by atoms with Gasteiger partial charge >= 0.3 is 0 Å². The van der Waals surface area contributed by atoms with Crippen LogP contribution in [0.25, 0.3) is 0 Å². The standard InChI is InChI=1S/C9H17NO/c11-6-5-9-7-1-3-8(10-9)4-2-7/h7-11H,1-6H2. The van der Waals surface area contributed by atoms with Crippen LogP contribution in [-0.2, 0) is 0 Å². The van der Waals surface area contributed by atoms with E-state index < -0.39 is 0 Å². The zero-order valence-electron chi connectivity index (χ0n) is 6.92. The van der Waals surface area contributed by atoms with Gasteiger partial charge in [0, 0.05) is 18.7 Å². The van der Waals surface area contributed by atoms with Gasteiger partial charge in [0.05, 0.1) is 0 Å². The smallest absolute Gasteiger partial charge is 0.0445 e. The first-order valence-corrected chi connectivity index (χ1v) is 4.77. The predicted molar refractivity (Wildman–Crippen MR) is 44.4 cm³/mol. The average Bonchev–Trinajstić information content (AvgIpc) is 2.07. The van der Waals surface area contributed by atoms with E-state index in [1.54, 1.807) is 0 Å². The molecule has 3 aliphatic rings. The van der Waals surface area contributed by atoms with E-state index in [0.717, 1.165) is 18.4 Å². The molecule has 0 spiro atoms. The van der Waals surface area contributed by atoms with Crippen molar-refractivity contribution >= 4 is 0 Å². The Kier molecular flexibility index (Phi) is 2.14. The van der Waals surface area contributed by atoms with Crippen LogP contribution in [-0.4, -0.2) is 23.8 Å². The maximum atomic E-state index is 8.81. The normalized spacial score (nSPS) is 42.8. The SMILES string of the molecule is OCCC1NC2CCC1CC2. The third-order valence-electron chi connectivity index (χ3n) is 3.23. The third-order valence-corrected chi connectivity index (χ3v) is 3.23. The molecule has 2 aliphatic heterocycles. The van der Waals surface area contributed by atoms with Crippen molar-refractivity contribution in [2.75, 3.05) is 6.61 Å². The topological polar surface area (TPSA) is 32.3 Å². The summed E-state index contributed by atoms with van der Waals surface area (Å²) in [5, 5.41) is 12.4. The van der Waals surface area contributed by atoms with Gasteiger partial charge in [0.25, 0.3) is 0 Å². The molecule has 2 heteroatoms. The molecule has 2 bridgehead atoms. The van der Waals surface area contributed by atoms with Gasteiger partial charge in [-0.1, -0.05) is 0 Å². The molecule has 0 amide bonds. The highest BCUT2D eigenvalue weighted by molar-refractivity contribution is 4.92. The van der Waals surface area contributed by atoms with Gasteiger partial charge in [-0.05, 0) is 38.0 Å². The second-order valence-electron chi connectivity index (χ2n) is 3.90. The molecule has 1 atom stereocenters. The van der Waals surface area contributed by atoms with Crippen LogP contribution >= 0.6 is 0 Å². The number of aliphatic hydroxyl groups excluding tert-OH is 1. The lowest BCUT2D eigenvalue weighted by Gasteiger charge is -2.43. The molecule has 0 radical (unpaired) electrons. The van der Waals surface area contributed by atoms with Gasteiger partial charge in [-0.3, -0.25) is 0 Å². The third kappa shape index (κ3) is 1.42. The van der Waals surface area contributed by atoms with E-state index in [2.05, 4.69) is 5.32 Å². The van der Waals surface area contributed by atoms with Crippen molar-refractivity contribution in [3.8, 4) is 0 Å². The molecule has 2 heterocycles. The highest BCUT2D eigenvalue weighted by atomic mass is 16.3. The molecule has 1 aliphatic carbocycles. The first-order chi connectivity index (χ1) is 5.40. The Morgan fingerprint density at radius 2 is 1.91 bits per heavy atom. The monoisotopic (exact) mass is 155 g/mol. The summed E-state index contributed by atoms with van der Waals surface area (Å²) in [7, 11) is 0. The van der Waals surface area contributed by atoms with E-state index in [1.165, 1.54) is 25.7 Å². The van der Waals surface area contributed by atoms with Crippen molar-refractivity contribution in [1.82, 2.24) is 5.32 Å². The summed E-state index contributed by atoms with van der Waals surface area (Å²) in [6.07, 6.45) is 6.48. The molecule has 2 saturated heterocycles. The Hall–Kier alpha value is -0.0800. The highest BCUT2D eigenvalue weighted by Crippen LogP contribution is 2.33. The van der Waals surface area contributed by atoms with Crippen LogP contribution in [0.15, 0.2) is 0 Å².